The quantitative estimate of drug-likeness (QED) is 0.458. The molecule has 1 aliphatic heterocycles. The number of sulfonamides is 1. The summed E-state index contributed by atoms with van der Waals surface area (Å²) in [5, 5.41) is 0. The summed E-state index contributed by atoms with van der Waals surface area (Å²) in [6.45, 7) is 5.51. The highest BCUT2D eigenvalue weighted by molar-refractivity contribution is 9.10. The number of ether oxygens (including phenoxy) is 1. The van der Waals surface area contributed by atoms with Gasteiger partial charge in [-0.1, -0.05) is 17.4 Å². The first kappa shape index (κ1) is 25.5. The molecule has 0 aliphatic carbocycles. The van der Waals surface area contributed by atoms with Gasteiger partial charge in [-0.2, -0.15) is 9.30 Å². The van der Waals surface area contributed by atoms with Crippen molar-refractivity contribution in [2.45, 2.75) is 25.3 Å². The molecule has 0 radical (unpaired) electrons. The van der Waals surface area contributed by atoms with Crippen LogP contribution in [0.1, 0.15) is 24.2 Å². The third-order valence-corrected chi connectivity index (χ3v) is 9.27. The monoisotopic (exact) mass is 580 g/mol. The Hall–Kier alpha value is -2.54. The van der Waals surface area contributed by atoms with Crippen LogP contribution in [0.5, 0.6) is 0 Å². The van der Waals surface area contributed by atoms with Gasteiger partial charge < -0.3 is 14.2 Å². The number of benzene rings is 2. The van der Waals surface area contributed by atoms with E-state index in [4.69, 9.17) is 4.74 Å². The van der Waals surface area contributed by atoms with Crippen LogP contribution < -0.4 is 4.80 Å². The summed E-state index contributed by atoms with van der Waals surface area (Å²) in [5.41, 5.74) is 1.28. The maximum atomic E-state index is 13.1. The van der Waals surface area contributed by atoms with Gasteiger partial charge in [-0.05, 0) is 66.2 Å². The minimum absolute atomic E-state index is 0.0908. The predicted octanol–water partition coefficient (Wildman–Crippen LogP) is 3.69. The lowest BCUT2D eigenvalue weighted by molar-refractivity contribution is 0.0933. The third-order valence-electron chi connectivity index (χ3n) is 5.67. The molecule has 1 aromatic heterocycles. The van der Waals surface area contributed by atoms with E-state index in [-0.39, 0.29) is 37.7 Å². The molecule has 4 rings (SSSR count). The second-order valence-corrected chi connectivity index (χ2v) is 11.5. The average molecular weight is 582 g/mol. The molecule has 12 heteroatoms. The Labute approximate surface area is 215 Å². The molecule has 0 bridgehead atoms. The number of thiazole rings is 1. The summed E-state index contributed by atoms with van der Waals surface area (Å²) in [6, 6.07) is 11.7. The number of halogens is 1. The molecule has 9 nitrogen and oxygen atoms in total. The van der Waals surface area contributed by atoms with E-state index in [2.05, 4.69) is 20.9 Å². The SMILES string of the molecule is CCOC(=O)N1CCN(S(=O)(=O)c2ccc(C(=O)N=c3sc4cccc(Br)c4n3CC)cc2)CC1. The zero-order valence-electron chi connectivity index (χ0n) is 19.3. The van der Waals surface area contributed by atoms with Gasteiger partial charge in [0.2, 0.25) is 10.0 Å². The lowest BCUT2D eigenvalue weighted by atomic mass is 10.2. The summed E-state index contributed by atoms with van der Waals surface area (Å²) in [4.78, 5) is 31.2. The molecule has 1 fully saturated rings. The van der Waals surface area contributed by atoms with Gasteiger partial charge in [-0.25, -0.2) is 13.2 Å². The zero-order valence-corrected chi connectivity index (χ0v) is 22.5. The Morgan fingerprint density at radius 2 is 1.74 bits per heavy atom. The van der Waals surface area contributed by atoms with Crippen LogP contribution in [0.25, 0.3) is 10.2 Å². The number of carbonyl (C=O) groups is 2. The molecule has 0 atom stereocenters. The first-order valence-corrected chi connectivity index (χ1v) is 14.2. The van der Waals surface area contributed by atoms with Crippen LogP contribution in [0.2, 0.25) is 0 Å². The Morgan fingerprint density at radius 3 is 2.37 bits per heavy atom. The number of aryl methyl sites for hydroxylation is 1. The zero-order chi connectivity index (χ0) is 25.2. The third kappa shape index (κ3) is 5.20. The van der Waals surface area contributed by atoms with Gasteiger partial charge in [-0.15, -0.1) is 0 Å². The largest absolute Gasteiger partial charge is 0.450 e. The van der Waals surface area contributed by atoms with Crippen molar-refractivity contribution in [1.29, 1.82) is 0 Å². The van der Waals surface area contributed by atoms with Crippen LogP contribution in [0.3, 0.4) is 0 Å². The normalized spacial score (nSPS) is 15.5. The number of nitrogens with zero attached hydrogens (tertiary/aromatic N) is 4. The Kier molecular flexibility index (Phi) is 7.74. The molecule has 0 saturated carbocycles. The number of amides is 2. The number of para-hydroxylation sites is 1. The van der Waals surface area contributed by atoms with Crippen molar-refractivity contribution in [2.24, 2.45) is 4.99 Å². The van der Waals surface area contributed by atoms with Crippen LogP contribution in [0.4, 0.5) is 4.79 Å². The van der Waals surface area contributed by atoms with Gasteiger partial charge in [0.25, 0.3) is 5.91 Å². The van der Waals surface area contributed by atoms with Crippen LogP contribution in [0, 0.1) is 0 Å². The molecule has 1 aliphatic rings. The fraction of sp³-hybridized carbons (Fsp3) is 0.348. The Morgan fingerprint density at radius 1 is 1.06 bits per heavy atom. The highest BCUT2D eigenvalue weighted by Crippen LogP contribution is 2.26. The van der Waals surface area contributed by atoms with E-state index in [1.807, 2.05) is 29.7 Å². The summed E-state index contributed by atoms with van der Waals surface area (Å²) in [7, 11) is -3.75. The first-order chi connectivity index (χ1) is 16.8. The lowest BCUT2D eigenvalue weighted by Gasteiger charge is -2.33. The van der Waals surface area contributed by atoms with Gasteiger partial charge in [-0.3, -0.25) is 4.79 Å². The van der Waals surface area contributed by atoms with Crippen LogP contribution in [-0.4, -0.2) is 67.0 Å². The maximum Gasteiger partial charge on any atom is 0.409 e. The molecule has 2 aromatic carbocycles. The van der Waals surface area contributed by atoms with Crippen molar-refractivity contribution in [3.63, 3.8) is 0 Å². The van der Waals surface area contributed by atoms with E-state index >= 15 is 0 Å². The molecule has 1 saturated heterocycles. The van der Waals surface area contributed by atoms with Crippen molar-refractivity contribution in [1.82, 2.24) is 13.8 Å². The van der Waals surface area contributed by atoms with Gasteiger partial charge in [0, 0.05) is 42.8 Å². The molecule has 2 heterocycles. The van der Waals surface area contributed by atoms with E-state index < -0.39 is 22.0 Å². The van der Waals surface area contributed by atoms with Gasteiger partial charge in [0.1, 0.15) is 0 Å². The minimum atomic E-state index is -3.75. The average Bonchev–Trinajstić information content (AvgIpc) is 3.22. The van der Waals surface area contributed by atoms with E-state index in [0.717, 1.165) is 14.7 Å². The topological polar surface area (TPSA) is 101 Å². The lowest BCUT2D eigenvalue weighted by Crippen LogP contribution is -2.50. The first-order valence-electron chi connectivity index (χ1n) is 11.1. The van der Waals surface area contributed by atoms with Crippen LogP contribution >= 0.6 is 27.3 Å². The van der Waals surface area contributed by atoms with Gasteiger partial charge in [0.05, 0.1) is 21.7 Å². The van der Waals surface area contributed by atoms with Gasteiger partial charge in [0.15, 0.2) is 4.80 Å². The van der Waals surface area contributed by atoms with Crippen LogP contribution in [0.15, 0.2) is 56.8 Å². The molecule has 35 heavy (non-hydrogen) atoms. The van der Waals surface area contributed by atoms with E-state index in [1.54, 1.807) is 6.92 Å². The van der Waals surface area contributed by atoms with Crippen molar-refractivity contribution >= 4 is 59.5 Å². The molecule has 2 amide bonds. The number of piperazine rings is 1. The second kappa shape index (κ2) is 10.6. The number of hydrogen-bond donors (Lipinski definition) is 0. The Bertz CT molecular complexity index is 1420. The maximum absolute atomic E-state index is 13.1. The summed E-state index contributed by atoms with van der Waals surface area (Å²) < 4.78 is 36.3. The number of aromatic nitrogens is 1. The highest BCUT2D eigenvalue weighted by Gasteiger charge is 2.30. The van der Waals surface area contributed by atoms with Gasteiger partial charge >= 0.3 is 6.09 Å². The number of hydrogen-bond acceptors (Lipinski definition) is 6. The second-order valence-electron chi connectivity index (χ2n) is 7.75. The van der Waals surface area contributed by atoms with Crippen molar-refractivity contribution in [3.05, 3.63) is 57.3 Å². The fourth-order valence-electron chi connectivity index (χ4n) is 3.86. The minimum Gasteiger partial charge on any atom is -0.450 e. The van der Waals surface area contributed by atoms with Crippen molar-refractivity contribution in [2.75, 3.05) is 32.8 Å². The number of fused-ring (bicyclic) bond motifs is 1. The molecular weight excluding hydrogens is 556 g/mol. The van der Waals surface area contributed by atoms with E-state index in [0.29, 0.717) is 16.9 Å². The summed E-state index contributed by atoms with van der Waals surface area (Å²) in [5.74, 6) is -0.443. The van der Waals surface area contributed by atoms with E-state index in [9.17, 15) is 18.0 Å². The summed E-state index contributed by atoms with van der Waals surface area (Å²) in [6.07, 6.45) is -0.438. The van der Waals surface area contributed by atoms with Crippen LogP contribution in [-0.2, 0) is 21.3 Å². The summed E-state index contributed by atoms with van der Waals surface area (Å²) >= 11 is 4.99. The molecule has 3 aromatic rings. The molecule has 0 N–H and O–H groups in total. The Balaban J connectivity index is 1.52. The molecular formula is C23H25BrN4O5S2. The molecule has 186 valence electrons. The highest BCUT2D eigenvalue weighted by atomic mass is 79.9. The van der Waals surface area contributed by atoms with E-state index in [1.165, 1.54) is 44.8 Å². The number of carbonyl (C=O) groups excluding carboxylic acids is 2. The van der Waals surface area contributed by atoms with Crippen molar-refractivity contribution in [3.8, 4) is 0 Å². The number of rotatable bonds is 5. The standard InChI is InChI=1S/C23H25BrN4O5S2/c1-3-28-20-18(24)6-5-7-19(20)34-22(28)25-21(29)16-8-10-17(11-9-16)35(31,32)27-14-12-26(13-15-27)23(30)33-4-2/h5-11H,3-4,12-15H2,1-2H3. The fourth-order valence-corrected chi connectivity index (χ4v) is 7.11. The molecule has 0 unspecified atom stereocenters. The smallest absolute Gasteiger partial charge is 0.409 e. The molecule has 0 spiro atoms. The van der Waals surface area contributed by atoms with Crippen molar-refractivity contribution < 1.29 is 22.7 Å². The predicted molar refractivity (Wildman–Crippen MR) is 137 cm³/mol.